The Labute approximate surface area is 139 Å². The van der Waals surface area contributed by atoms with Gasteiger partial charge in [0.2, 0.25) is 5.91 Å². The Morgan fingerprint density at radius 1 is 1.04 bits per heavy atom. The summed E-state index contributed by atoms with van der Waals surface area (Å²) in [5, 5.41) is 2.76. The Morgan fingerprint density at radius 2 is 1.71 bits per heavy atom. The van der Waals surface area contributed by atoms with Gasteiger partial charge in [0.05, 0.1) is 5.92 Å². The number of rotatable bonds is 2. The van der Waals surface area contributed by atoms with Crippen molar-refractivity contribution in [3.8, 4) is 0 Å². The van der Waals surface area contributed by atoms with Crippen LogP contribution in [0.15, 0.2) is 0 Å². The van der Waals surface area contributed by atoms with E-state index < -0.39 is 18.0 Å². The van der Waals surface area contributed by atoms with Gasteiger partial charge in [0.1, 0.15) is 0 Å². The molecule has 0 aromatic heterocycles. The van der Waals surface area contributed by atoms with Crippen LogP contribution in [0.5, 0.6) is 0 Å². The van der Waals surface area contributed by atoms with E-state index in [1.165, 1.54) is 0 Å². The van der Waals surface area contributed by atoms with E-state index in [2.05, 4.69) is 5.32 Å². The number of nitrogens with one attached hydrogen (secondary N) is 1. The molecule has 2 saturated heterocycles. The first-order valence-corrected chi connectivity index (χ1v) is 8.78. The molecule has 1 aliphatic carbocycles. The average molecular weight is 347 g/mol. The van der Waals surface area contributed by atoms with Crippen molar-refractivity contribution in [1.82, 2.24) is 15.1 Å². The molecule has 8 heteroatoms. The van der Waals surface area contributed by atoms with Crippen LogP contribution in [0.1, 0.15) is 38.5 Å². The lowest BCUT2D eigenvalue weighted by Crippen LogP contribution is -2.51. The van der Waals surface area contributed by atoms with E-state index in [0.29, 0.717) is 58.3 Å². The van der Waals surface area contributed by atoms with Crippen molar-refractivity contribution in [1.29, 1.82) is 0 Å². The summed E-state index contributed by atoms with van der Waals surface area (Å²) in [4.78, 5) is 27.7. The first-order valence-electron chi connectivity index (χ1n) is 8.78. The summed E-state index contributed by atoms with van der Waals surface area (Å²) in [6.45, 7) is 2.17. The molecule has 1 N–H and O–H groups in total. The van der Waals surface area contributed by atoms with Gasteiger partial charge in [0.25, 0.3) is 0 Å². The molecule has 2 heterocycles. The van der Waals surface area contributed by atoms with Gasteiger partial charge < -0.3 is 15.1 Å². The highest BCUT2D eigenvalue weighted by Crippen LogP contribution is 2.42. The van der Waals surface area contributed by atoms with Gasteiger partial charge in [-0.3, -0.25) is 4.79 Å². The third-order valence-electron chi connectivity index (χ3n) is 5.61. The molecule has 1 saturated carbocycles. The largest absolute Gasteiger partial charge is 0.392 e. The molecule has 3 fully saturated rings. The molecular weight excluding hydrogens is 323 g/mol. The Bertz CT molecular complexity index is 489. The van der Waals surface area contributed by atoms with Crippen LogP contribution in [0.3, 0.4) is 0 Å². The first kappa shape index (κ1) is 17.4. The zero-order chi connectivity index (χ0) is 17.3. The van der Waals surface area contributed by atoms with Crippen molar-refractivity contribution in [3.63, 3.8) is 0 Å². The van der Waals surface area contributed by atoms with Crippen LogP contribution >= 0.6 is 0 Å². The lowest BCUT2D eigenvalue weighted by Gasteiger charge is -2.40. The summed E-state index contributed by atoms with van der Waals surface area (Å²) in [6, 6.07) is 0.00510. The SMILES string of the molecule is O=C(C1CCCCC1C(F)(F)F)N1CCC(N2CCNC2=O)CC1. The minimum Gasteiger partial charge on any atom is -0.342 e. The maximum absolute atomic E-state index is 13.2. The summed E-state index contributed by atoms with van der Waals surface area (Å²) in [5.74, 6) is -2.77. The second-order valence-electron chi connectivity index (χ2n) is 7.02. The number of nitrogens with zero attached hydrogens (tertiary/aromatic N) is 2. The van der Waals surface area contributed by atoms with Gasteiger partial charge in [-0.25, -0.2) is 4.79 Å². The van der Waals surface area contributed by atoms with Gasteiger partial charge in [-0.05, 0) is 25.7 Å². The Kier molecular flexibility index (Phi) is 4.92. The quantitative estimate of drug-likeness (QED) is 0.834. The summed E-state index contributed by atoms with van der Waals surface area (Å²) in [5.41, 5.74) is 0. The second kappa shape index (κ2) is 6.80. The van der Waals surface area contributed by atoms with Crippen molar-refractivity contribution < 1.29 is 22.8 Å². The number of halogens is 3. The molecule has 0 spiro atoms. The fraction of sp³-hybridized carbons (Fsp3) is 0.875. The van der Waals surface area contributed by atoms with E-state index in [9.17, 15) is 22.8 Å². The normalized spacial score (nSPS) is 29.7. The molecule has 5 nitrogen and oxygen atoms in total. The molecule has 24 heavy (non-hydrogen) atoms. The monoisotopic (exact) mass is 347 g/mol. The molecule has 0 aromatic carbocycles. The summed E-state index contributed by atoms with van der Waals surface area (Å²) in [6.07, 6.45) is -1.40. The number of urea groups is 1. The fourth-order valence-electron chi connectivity index (χ4n) is 4.29. The summed E-state index contributed by atoms with van der Waals surface area (Å²) in [7, 11) is 0. The minimum absolute atomic E-state index is 0.0598. The number of alkyl halides is 3. The number of carbonyl (C=O) groups is 2. The molecule has 2 unspecified atom stereocenters. The summed E-state index contributed by atoms with van der Waals surface area (Å²) < 4.78 is 39.6. The van der Waals surface area contributed by atoms with Crippen LogP contribution in [0.25, 0.3) is 0 Å². The van der Waals surface area contributed by atoms with Gasteiger partial charge in [-0.2, -0.15) is 13.2 Å². The molecule has 0 bridgehead atoms. The van der Waals surface area contributed by atoms with Crippen molar-refractivity contribution in [2.45, 2.75) is 50.7 Å². The number of hydrogen-bond acceptors (Lipinski definition) is 2. The van der Waals surface area contributed by atoms with Crippen molar-refractivity contribution in [3.05, 3.63) is 0 Å². The van der Waals surface area contributed by atoms with E-state index in [0.717, 1.165) is 0 Å². The maximum Gasteiger partial charge on any atom is 0.392 e. The zero-order valence-corrected chi connectivity index (χ0v) is 13.6. The number of likely N-dealkylation sites (tertiary alicyclic amines) is 1. The van der Waals surface area contributed by atoms with E-state index in [-0.39, 0.29) is 24.4 Å². The van der Waals surface area contributed by atoms with Gasteiger partial charge in [-0.1, -0.05) is 12.8 Å². The van der Waals surface area contributed by atoms with Crippen LogP contribution in [0.4, 0.5) is 18.0 Å². The number of amides is 3. The van der Waals surface area contributed by atoms with E-state index in [4.69, 9.17) is 0 Å². The van der Waals surface area contributed by atoms with Gasteiger partial charge in [0.15, 0.2) is 0 Å². The minimum atomic E-state index is -4.30. The highest BCUT2D eigenvalue weighted by atomic mass is 19.4. The maximum atomic E-state index is 13.2. The predicted molar refractivity (Wildman–Crippen MR) is 81.2 cm³/mol. The van der Waals surface area contributed by atoms with Crippen LogP contribution in [-0.4, -0.2) is 60.1 Å². The highest BCUT2D eigenvalue weighted by molar-refractivity contribution is 5.80. The molecule has 136 valence electrons. The van der Waals surface area contributed by atoms with Crippen molar-refractivity contribution in [2.24, 2.45) is 11.8 Å². The molecule has 0 radical (unpaired) electrons. The van der Waals surface area contributed by atoms with Crippen LogP contribution in [0, 0.1) is 11.8 Å². The average Bonchev–Trinajstić information content (AvgIpc) is 2.99. The van der Waals surface area contributed by atoms with Crippen molar-refractivity contribution in [2.75, 3.05) is 26.2 Å². The van der Waals surface area contributed by atoms with E-state index >= 15 is 0 Å². The van der Waals surface area contributed by atoms with Gasteiger partial charge in [0, 0.05) is 38.1 Å². The summed E-state index contributed by atoms with van der Waals surface area (Å²) >= 11 is 0. The third kappa shape index (κ3) is 3.47. The van der Waals surface area contributed by atoms with E-state index in [1.54, 1.807) is 9.80 Å². The molecule has 3 rings (SSSR count). The molecule has 3 amide bonds. The lowest BCUT2D eigenvalue weighted by molar-refractivity contribution is -0.201. The van der Waals surface area contributed by atoms with Gasteiger partial charge in [-0.15, -0.1) is 0 Å². The Morgan fingerprint density at radius 3 is 2.29 bits per heavy atom. The zero-order valence-electron chi connectivity index (χ0n) is 13.6. The van der Waals surface area contributed by atoms with Crippen LogP contribution in [-0.2, 0) is 4.79 Å². The first-order chi connectivity index (χ1) is 11.4. The molecule has 0 aromatic rings. The standard InChI is InChI=1S/C16H24F3N3O2/c17-16(18,19)13-4-2-1-3-12(13)14(23)21-8-5-11(6-9-21)22-10-7-20-15(22)24/h11-13H,1-10H2,(H,20,24). The van der Waals surface area contributed by atoms with Crippen LogP contribution < -0.4 is 5.32 Å². The molecular formula is C16H24F3N3O2. The topological polar surface area (TPSA) is 52.7 Å². The lowest BCUT2D eigenvalue weighted by atomic mass is 9.77. The highest BCUT2D eigenvalue weighted by Gasteiger charge is 2.49. The second-order valence-corrected chi connectivity index (χ2v) is 7.02. The fourth-order valence-corrected chi connectivity index (χ4v) is 4.29. The number of hydrogen-bond donors (Lipinski definition) is 1. The molecule has 2 aliphatic heterocycles. The van der Waals surface area contributed by atoms with E-state index in [1.807, 2.05) is 0 Å². The predicted octanol–water partition coefficient (Wildman–Crippen LogP) is 2.37. The number of piperidine rings is 1. The number of carbonyl (C=O) groups excluding carboxylic acids is 2. The van der Waals surface area contributed by atoms with Gasteiger partial charge >= 0.3 is 12.2 Å². The van der Waals surface area contributed by atoms with Crippen LogP contribution in [0.2, 0.25) is 0 Å². The Hall–Kier alpha value is -1.47. The van der Waals surface area contributed by atoms with Crippen molar-refractivity contribution >= 4 is 11.9 Å². The smallest absolute Gasteiger partial charge is 0.342 e. The third-order valence-corrected chi connectivity index (χ3v) is 5.61. The molecule has 3 aliphatic rings. The molecule has 2 atom stereocenters. The Balaban J connectivity index is 1.59.